The van der Waals surface area contributed by atoms with Crippen molar-refractivity contribution >= 4 is 28.8 Å². The molecule has 1 saturated heterocycles. The van der Waals surface area contributed by atoms with Crippen LogP contribution in [-0.2, 0) is 9.59 Å². The van der Waals surface area contributed by atoms with Crippen molar-refractivity contribution in [1.29, 1.82) is 0 Å². The van der Waals surface area contributed by atoms with Crippen molar-refractivity contribution in [2.45, 2.75) is 27.7 Å². The van der Waals surface area contributed by atoms with Gasteiger partial charge in [0.1, 0.15) is 5.70 Å². The Hall–Kier alpha value is -3.12. The Morgan fingerprint density at radius 3 is 2.06 bits per heavy atom. The summed E-state index contributed by atoms with van der Waals surface area (Å²) in [6.07, 6.45) is 0. The average molecular weight is 447 g/mol. The van der Waals surface area contributed by atoms with Crippen molar-refractivity contribution in [3.8, 4) is 0 Å². The molecule has 2 aliphatic rings. The van der Waals surface area contributed by atoms with Crippen molar-refractivity contribution in [3.05, 3.63) is 64.9 Å². The van der Waals surface area contributed by atoms with Gasteiger partial charge in [-0.25, -0.2) is 4.90 Å². The number of carbonyl (C=O) groups excluding carboxylic acids is 2. The smallest absolute Gasteiger partial charge is 0.282 e. The van der Waals surface area contributed by atoms with E-state index in [2.05, 4.69) is 41.7 Å². The van der Waals surface area contributed by atoms with Gasteiger partial charge in [-0.2, -0.15) is 0 Å². The van der Waals surface area contributed by atoms with E-state index in [-0.39, 0.29) is 11.8 Å². The number of carbonyl (C=O) groups is 2. The van der Waals surface area contributed by atoms with Crippen LogP contribution >= 0.6 is 0 Å². The number of hydrogen-bond donors (Lipinski definition) is 0. The molecule has 2 aliphatic heterocycles. The SMILES string of the molecule is CCN(CC)c1ccc(N2C(=O)C(c3ccc(C)cc3C)=C(N3CCN(C)CC3)C2=O)cc1. The summed E-state index contributed by atoms with van der Waals surface area (Å²) in [6.45, 7) is 13.3. The summed E-state index contributed by atoms with van der Waals surface area (Å²) < 4.78 is 0. The van der Waals surface area contributed by atoms with E-state index in [9.17, 15) is 9.59 Å². The molecule has 0 N–H and O–H groups in total. The number of aryl methyl sites for hydroxylation is 2. The minimum atomic E-state index is -0.239. The summed E-state index contributed by atoms with van der Waals surface area (Å²) in [7, 11) is 2.09. The molecule has 0 radical (unpaired) electrons. The van der Waals surface area contributed by atoms with E-state index in [1.807, 2.05) is 50.2 Å². The van der Waals surface area contributed by atoms with E-state index in [1.54, 1.807) is 0 Å². The maximum Gasteiger partial charge on any atom is 0.282 e. The van der Waals surface area contributed by atoms with Crippen LogP contribution in [0.2, 0.25) is 0 Å². The predicted octanol–water partition coefficient (Wildman–Crippen LogP) is 3.68. The molecular weight excluding hydrogens is 412 g/mol. The zero-order valence-corrected chi connectivity index (χ0v) is 20.4. The Bertz CT molecular complexity index is 1080. The topological polar surface area (TPSA) is 47.1 Å². The van der Waals surface area contributed by atoms with Gasteiger partial charge >= 0.3 is 0 Å². The van der Waals surface area contributed by atoms with E-state index in [1.165, 1.54) is 4.90 Å². The third kappa shape index (κ3) is 4.27. The maximum atomic E-state index is 13.8. The third-order valence-electron chi connectivity index (χ3n) is 6.77. The van der Waals surface area contributed by atoms with Crippen LogP contribution in [-0.4, -0.2) is 67.9 Å². The molecule has 4 rings (SSSR count). The molecule has 1 fully saturated rings. The van der Waals surface area contributed by atoms with E-state index in [4.69, 9.17) is 0 Å². The molecule has 0 saturated carbocycles. The number of nitrogens with zero attached hydrogens (tertiary/aromatic N) is 4. The molecule has 0 bridgehead atoms. The van der Waals surface area contributed by atoms with Gasteiger partial charge in [0.25, 0.3) is 11.8 Å². The van der Waals surface area contributed by atoms with Crippen LogP contribution in [0.15, 0.2) is 48.2 Å². The van der Waals surface area contributed by atoms with Gasteiger partial charge in [-0.15, -0.1) is 0 Å². The number of imide groups is 1. The van der Waals surface area contributed by atoms with Crippen LogP contribution in [0.1, 0.15) is 30.5 Å². The molecule has 33 heavy (non-hydrogen) atoms. The zero-order valence-electron chi connectivity index (χ0n) is 20.4. The Labute approximate surface area is 197 Å². The first-order valence-corrected chi connectivity index (χ1v) is 11.8. The summed E-state index contributed by atoms with van der Waals surface area (Å²) in [5.74, 6) is -0.466. The molecule has 2 heterocycles. The zero-order chi connectivity index (χ0) is 23.7. The van der Waals surface area contributed by atoms with E-state index in [0.717, 1.165) is 61.6 Å². The van der Waals surface area contributed by atoms with E-state index in [0.29, 0.717) is 17.0 Å². The highest BCUT2D eigenvalue weighted by Gasteiger charge is 2.43. The molecule has 0 spiro atoms. The monoisotopic (exact) mass is 446 g/mol. The average Bonchev–Trinajstić information content (AvgIpc) is 3.06. The molecule has 2 aromatic carbocycles. The van der Waals surface area contributed by atoms with Crippen molar-refractivity contribution in [1.82, 2.24) is 9.80 Å². The van der Waals surface area contributed by atoms with Crippen LogP contribution in [0.3, 0.4) is 0 Å². The molecule has 6 heteroatoms. The lowest BCUT2D eigenvalue weighted by Crippen LogP contribution is -2.46. The first kappa shape index (κ1) is 23.1. The quantitative estimate of drug-likeness (QED) is 0.634. The lowest BCUT2D eigenvalue weighted by molar-refractivity contribution is -0.120. The van der Waals surface area contributed by atoms with Crippen LogP contribution in [0, 0.1) is 13.8 Å². The molecule has 0 unspecified atom stereocenters. The van der Waals surface area contributed by atoms with Gasteiger partial charge in [0.15, 0.2) is 0 Å². The second kappa shape index (κ2) is 9.40. The van der Waals surface area contributed by atoms with Gasteiger partial charge < -0.3 is 14.7 Å². The lowest BCUT2D eigenvalue weighted by atomic mass is 9.97. The number of anilines is 2. The highest BCUT2D eigenvalue weighted by atomic mass is 16.2. The molecule has 6 nitrogen and oxygen atoms in total. The number of rotatable bonds is 6. The summed E-state index contributed by atoms with van der Waals surface area (Å²) in [4.78, 5) is 35.5. The minimum Gasteiger partial charge on any atom is -0.372 e. The highest BCUT2D eigenvalue weighted by Crippen LogP contribution is 2.37. The third-order valence-corrected chi connectivity index (χ3v) is 6.77. The number of likely N-dealkylation sites (N-methyl/N-ethyl adjacent to an activating group) is 1. The molecule has 174 valence electrons. The molecule has 2 amide bonds. The summed E-state index contributed by atoms with van der Waals surface area (Å²) in [5.41, 5.74) is 5.75. The van der Waals surface area contributed by atoms with E-state index < -0.39 is 0 Å². The fourth-order valence-electron chi connectivity index (χ4n) is 4.81. The second-order valence-corrected chi connectivity index (χ2v) is 8.97. The Morgan fingerprint density at radius 2 is 1.48 bits per heavy atom. The summed E-state index contributed by atoms with van der Waals surface area (Å²) in [6, 6.07) is 13.8. The van der Waals surface area contributed by atoms with Gasteiger partial charge in [0, 0.05) is 45.0 Å². The Balaban J connectivity index is 1.76. The summed E-state index contributed by atoms with van der Waals surface area (Å²) >= 11 is 0. The lowest BCUT2D eigenvalue weighted by Gasteiger charge is -2.34. The first-order valence-electron chi connectivity index (χ1n) is 11.8. The number of amides is 2. The minimum absolute atomic E-state index is 0.227. The second-order valence-electron chi connectivity index (χ2n) is 8.97. The van der Waals surface area contributed by atoms with Crippen LogP contribution in [0.4, 0.5) is 11.4 Å². The van der Waals surface area contributed by atoms with Gasteiger partial charge in [-0.1, -0.05) is 23.8 Å². The molecule has 0 aliphatic carbocycles. The first-order chi connectivity index (χ1) is 15.8. The largest absolute Gasteiger partial charge is 0.372 e. The fraction of sp³-hybridized carbons (Fsp3) is 0.407. The van der Waals surface area contributed by atoms with Gasteiger partial charge in [-0.05, 0) is 70.1 Å². The van der Waals surface area contributed by atoms with Crippen LogP contribution in [0.25, 0.3) is 5.57 Å². The number of hydrogen-bond acceptors (Lipinski definition) is 5. The number of benzene rings is 2. The number of piperazine rings is 1. The van der Waals surface area contributed by atoms with Crippen molar-refractivity contribution < 1.29 is 9.59 Å². The maximum absolute atomic E-state index is 13.8. The molecule has 2 aromatic rings. The molecular formula is C27H34N4O2. The van der Waals surface area contributed by atoms with Gasteiger partial charge in [0.2, 0.25) is 0 Å². The van der Waals surface area contributed by atoms with Crippen molar-refractivity contribution in [3.63, 3.8) is 0 Å². The van der Waals surface area contributed by atoms with Crippen LogP contribution in [0.5, 0.6) is 0 Å². The standard InChI is InChI=1S/C27H34N4O2/c1-6-29(7-2)21-9-11-22(12-10-21)31-26(32)24(23-13-8-19(3)18-20(23)4)25(27(31)33)30-16-14-28(5)15-17-30/h8-13,18H,6-7,14-17H2,1-5H3. The Morgan fingerprint density at radius 1 is 0.848 bits per heavy atom. The molecule has 0 aromatic heterocycles. The summed E-state index contributed by atoms with van der Waals surface area (Å²) in [5, 5.41) is 0. The van der Waals surface area contributed by atoms with Crippen molar-refractivity contribution in [2.75, 3.05) is 56.1 Å². The Kier molecular flexibility index (Phi) is 6.56. The van der Waals surface area contributed by atoms with E-state index >= 15 is 0 Å². The molecule has 0 atom stereocenters. The van der Waals surface area contributed by atoms with Gasteiger partial charge in [-0.3, -0.25) is 9.59 Å². The predicted molar refractivity (Wildman–Crippen MR) is 134 cm³/mol. The normalized spacial score (nSPS) is 17.4. The van der Waals surface area contributed by atoms with Gasteiger partial charge in [0.05, 0.1) is 11.3 Å². The highest BCUT2D eigenvalue weighted by molar-refractivity contribution is 6.45. The fourth-order valence-corrected chi connectivity index (χ4v) is 4.81. The van der Waals surface area contributed by atoms with Crippen LogP contribution < -0.4 is 9.80 Å². The van der Waals surface area contributed by atoms with Crippen molar-refractivity contribution in [2.24, 2.45) is 0 Å².